The molecule has 326 valence electrons. The van der Waals surface area contributed by atoms with Gasteiger partial charge >= 0.3 is 0 Å². The fourth-order valence-electron chi connectivity index (χ4n) is 11.8. The Hall–Kier alpha value is -8.52. The molecular formula is C68H49N. The van der Waals surface area contributed by atoms with E-state index in [1.165, 1.54) is 99.8 Å². The van der Waals surface area contributed by atoms with Crippen molar-refractivity contribution in [3.05, 3.63) is 294 Å². The molecule has 0 atom stereocenters. The van der Waals surface area contributed by atoms with Gasteiger partial charge in [0.05, 0.1) is 11.1 Å². The first-order valence-electron chi connectivity index (χ1n) is 24.2. The highest BCUT2D eigenvalue weighted by atomic mass is 15.1. The summed E-state index contributed by atoms with van der Waals surface area (Å²) < 4.78 is 0. The van der Waals surface area contributed by atoms with Gasteiger partial charge in [-0.3, -0.25) is 0 Å². The van der Waals surface area contributed by atoms with Crippen molar-refractivity contribution < 1.29 is 0 Å². The molecule has 1 heteroatoms. The van der Waals surface area contributed by atoms with Crippen LogP contribution in [0.4, 0.5) is 17.1 Å². The van der Waals surface area contributed by atoms with Crippen molar-refractivity contribution in [3.8, 4) is 55.6 Å². The van der Waals surface area contributed by atoms with Crippen LogP contribution in [-0.4, -0.2) is 0 Å². The molecule has 11 aromatic rings. The Kier molecular flexibility index (Phi) is 9.49. The first-order chi connectivity index (χ1) is 34.0. The molecule has 0 unspecified atom stereocenters. The molecule has 0 saturated heterocycles. The molecule has 0 saturated carbocycles. The Morgan fingerprint density at radius 1 is 0.290 bits per heavy atom. The molecule has 0 radical (unpaired) electrons. The van der Waals surface area contributed by atoms with Crippen molar-refractivity contribution in [2.45, 2.75) is 24.7 Å². The molecule has 2 aliphatic rings. The van der Waals surface area contributed by atoms with E-state index in [9.17, 15) is 0 Å². The van der Waals surface area contributed by atoms with E-state index in [1.54, 1.807) is 0 Å². The Balaban J connectivity index is 0.931. The molecule has 13 rings (SSSR count). The van der Waals surface area contributed by atoms with E-state index in [4.69, 9.17) is 0 Å². The molecule has 0 N–H and O–H groups in total. The van der Waals surface area contributed by atoms with Crippen molar-refractivity contribution in [2.24, 2.45) is 0 Å². The highest BCUT2D eigenvalue weighted by molar-refractivity contribution is 5.98. The second kappa shape index (κ2) is 16.1. The summed E-state index contributed by atoms with van der Waals surface area (Å²) in [5.41, 5.74) is 23.0. The van der Waals surface area contributed by atoms with E-state index < -0.39 is 5.41 Å². The van der Waals surface area contributed by atoms with Gasteiger partial charge in [0, 0.05) is 22.4 Å². The number of anilines is 3. The Labute approximate surface area is 405 Å². The molecule has 0 fully saturated rings. The van der Waals surface area contributed by atoms with Gasteiger partial charge in [-0.05, 0) is 137 Å². The summed E-state index contributed by atoms with van der Waals surface area (Å²) in [5, 5.41) is 2.52. The van der Waals surface area contributed by atoms with E-state index in [-0.39, 0.29) is 5.41 Å². The summed E-state index contributed by atoms with van der Waals surface area (Å²) in [4.78, 5) is 2.51. The quantitative estimate of drug-likeness (QED) is 0.147. The predicted octanol–water partition coefficient (Wildman–Crippen LogP) is 18.0. The van der Waals surface area contributed by atoms with Crippen LogP contribution in [0.1, 0.15) is 47.2 Å². The fraction of sp³-hybridized carbons (Fsp3) is 0.0588. The molecule has 69 heavy (non-hydrogen) atoms. The number of hydrogen-bond acceptors (Lipinski definition) is 1. The molecule has 0 amide bonds. The van der Waals surface area contributed by atoms with Gasteiger partial charge in [-0.2, -0.15) is 0 Å². The number of fused-ring (bicyclic) bond motifs is 7. The van der Waals surface area contributed by atoms with Gasteiger partial charge in [-0.1, -0.05) is 232 Å². The standard InChI is InChI=1S/C68H49N/c1-67(2)61-27-13-11-25-58(61)59-42-41-57(45-64(59)67)69(65-30-16-29-63-66(65)60-26-12-14-28-62(60)68(63,54-21-5-3-6-22-54)55-23-7-4-8-24-55)56-39-37-48(38-40-56)47-31-33-49(34-32-47)51-19-15-20-52(43-51)53-36-35-46-17-9-10-18-50(46)44-53/h3-45H,1-2H3. The lowest BCUT2D eigenvalue weighted by Crippen LogP contribution is -2.28. The third kappa shape index (κ3) is 6.46. The molecule has 0 aromatic heterocycles. The van der Waals surface area contributed by atoms with Crippen LogP contribution in [-0.2, 0) is 10.8 Å². The Morgan fingerprint density at radius 2 is 0.783 bits per heavy atom. The first-order valence-corrected chi connectivity index (χ1v) is 24.2. The van der Waals surface area contributed by atoms with Gasteiger partial charge in [-0.25, -0.2) is 0 Å². The summed E-state index contributed by atoms with van der Waals surface area (Å²) in [6.45, 7) is 4.75. The zero-order valence-electron chi connectivity index (χ0n) is 38.8. The number of nitrogens with zero attached hydrogens (tertiary/aromatic N) is 1. The molecule has 0 bridgehead atoms. The van der Waals surface area contributed by atoms with E-state index in [0.29, 0.717) is 0 Å². The van der Waals surface area contributed by atoms with Crippen LogP contribution in [0.5, 0.6) is 0 Å². The zero-order valence-corrected chi connectivity index (χ0v) is 38.8. The lowest BCUT2D eigenvalue weighted by atomic mass is 9.68. The van der Waals surface area contributed by atoms with Crippen LogP contribution >= 0.6 is 0 Å². The van der Waals surface area contributed by atoms with Crippen molar-refractivity contribution in [2.75, 3.05) is 4.90 Å². The van der Waals surface area contributed by atoms with Crippen LogP contribution < -0.4 is 4.90 Å². The van der Waals surface area contributed by atoms with Gasteiger partial charge < -0.3 is 4.90 Å². The van der Waals surface area contributed by atoms with Gasteiger partial charge in [0.2, 0.25) is 0 Å². The summed E-state index contributed by atoms with van der Waals surface area (Å²) in [7, 11) is 0. The van der Waals surface area contributed by atoms with Gasteiger partial charge in [0.1, 0.15) is 0 Å². The monoisotopic (exact) mass is 879 g/mol. The molecule has 2 aliphatic carbocycles. The van der Waals surface area contributed by atoms with Crippen molar-refractivity contribution in [1.29, 1.82) is 0 Å². The van der Waals surface area contributed by atoms with Gasteiger partial charge in [0.25, 0.3) is 0 Å². The minimum Gasteiger partial charge on any atom is -0.310 e. The van der Waals surface area contributed by atoms with Gasteiger partial charge in [0.15, 0.2) is 0 Å². The first kappa shape index (κ1) is 40.7. The normalized spacial score (nSPS) is 13.6. The van der Waals surface area contributed by atoms with Crippen LogP contribution in [0.3, 0.4) is 0 Å². The minimum atomic E-state index is -0.508. The number of rotatable bonds is 8. The second-order valence-corrected chi connectivity index (χ2v) is 19.2. The average molecular weight is 880 g/mol. The molecule has 0 spiro atoms. The maximum atomic E-state index is 2.51. The van der Waals surface area contributed by atoms with Crippen LogP contribution in [0.25, 0.3) is 66.4 Å². The molecule has 0 aliphatic heterocycles. The summed E-state index contributed by atoms with van der Waals surface area (Å²) in [6.07, 6.45) is 0. The Bertz CT molecular complexity index is 3690. The summed E-state index contributed by atoms with van der Waals surface area (Å²) >= 11 is 0. The largest absolute Gasteiger partial charge is 0.310 e. The lowest BCUT2D eigenvalue weighted by molar-refractivity contribution is 0.660. The Morgan fingerprint density at radius 3 is 1.49 bits per heavy atom. The summed E-state index contributed by atoms with van der Waals surface area (Å²) in [6, 6.07) is 96.8. The number of benzene rings is 11. The molecular weight excluding hydrogens is 831 g/mol. The second-order valence-electron chi connectivity index (χ2n) is 19.2. The topological polar surface area (TPSA) is 3.24 Å². The van der Waals surface area contributed by atoms with E-state index >= 15 is 0 Å². The van der Waals surface area contributed by atoms with Crippen LogP contribution in [0.15, 0.2) is 261 Å². The SMILES string of the molecule is CC1(C)c2ccccc2-c2ccc(N(c3ccc(-c4ccc(-c5cccc(-c6ccc7ccccc7c6)c5)cc4)cc3)c3cccc4c3-c3ccccc3C4(c3ccccc3)c3ccccc3)cc21. The minimum absolute atomic E-state index is 0.150. The summed E-state index contributed by atoms with van der Waals surface area (Å²) in [5.74, 6) is 0. The highest BCUT2D eigenvalue weighted by Gasteiger charge is 2.47. The van der Waals surface area contributed by atoms with Crippen molar-refractivity contribution >= 4 is 27.8 Å². The smallest absolute Gasteiger partial charge is 0.0714 e. The highest BCUT2D eigenvalue weighted by Crippen LogP contribution is 2.60. The average Bonchev–Trinajstić information content (AvgIpc) is 3.85. The van der Waals surface area contributed by atoms with Crippen LogP contribution in [0, 0.1) is 0 Å². The van der Waals surface area contributed by atoms with E-state index in [2.05, 4.69) is 280 Å². The molecule has 11 aromatic carbocycles. The molecule has 0 heterocycles. The maximum absolute atomic E-state index is 2.51. The zero-order chi connectivity index (χ0) is 46.1. The number of hydrogen-bond donors (Lipinski definition) is 0. The fourth-order valence-corrected chi connectivity index (χ4v) is 11.8. The van der Waals surface area contributed by atoms with Crippen LogP contribution in [0.2, 0.25) is 0 Å². The third-order valence-corrected chi connectivity index (χ3v) is 15.1. The predicted molar refractivity (Wildman–Crippen MR) is 290 cm³/mol. The van der Waals surface area contributed by atoms with Crippen molar-refractivity contribution in [1.82, 2.24) is 0 Å². The third-order valence-electron chi connectivity index (χ3n) is 15.1. The van der Waals surface area contributed by atoms with E-state index in [1.807, 2.05) is 0 Å². The molecule has 1 nitrogen and oxygen atoms in total. The lowest BCUT2D eigenvalue weighted by Gasteiger charge is -2.34. The maximum Gasteiger partial charge on any atom is 0.0714 e. The van der Waals surface area contributed by atoms with Crippen molar-refractivity contribution in [3.63, 3.8) is 0 Å². The van der Waals surface area contributed by atoms with Gasteiger partial charge in [-0.15, -0.1) is 0 Å². The van der Waals surface area contributed by atoms with E-state index in [0.717, 1.165) is 17.1 Å².